The van der Waals surface area contributed by atoms with Crippen molar-refractivity contribution < 1.29 is 4.79 Å². The Bertz CT molecular complexity index is 679. The number of hydrogen-bond donors (Lipinski definition) is 1. The summed E-state index contributed by atoms with van der Waals surface area (Å²) in [5.41, 5.74) is 6.00. The van der Waals surface area contributed by atoms with E-state index in [0.717, 1.165) is 11.3 Å². The van der Waals surface area contributed by atoms with Crippen LogP contribution in [-0.2, 0) is 4.79 Å². The van der Waals surface area contributed by atoms with Crippen molar-refractivity contribution in [2.24, 2.45) is 16.9 Å². The second-order valence-corrected chi connectivity index (χ2v) is 5.33. The van der Waals surface area contributed by atoms with Crippen LogP contribution < -0.4 is 5.43 Å². The van der Waals surface area contributed by atoms with Crippen molar-refractivity contribution in [2.75, 3.05) is 0 Å². The first-order valence-corrected chi connectivity index (χ1v) is 6.84. The van der Waals surface area contributed by atoms with Gasteiger partial charge in [-0.15, -0.1) is 0 Å². The zero-order valence-corrected chi connectivity index (χ0v) is 10.9. The summed E-state index contributed by atoms with van der Waals surface area (Å²) in [6, 6.07) is 20.3. The molecule has 1 saturated carbocycles. The van der Waals surface area contributed by atoms with Crippen LogP contribution in [0, 0.1) is 11.8 Å². The van der Waals surface area contributed by atoms with Gasteiger partial charge in [0.2, 0.25) is 5.91 Å². The molecule has 1 aliphatic heterocycles. The lowest BCUT2D eigenvalue weighted by atomic mass is 10.0. The number of hydrogen-bond acceptors (Lipinski definition) is 2. The summed E-state index contributed by atoms with van der Waals surface area (Å²) in [5.74, 6) is 0.555. The summed E-state index contributed by atoms with van der Waals surface area (Å²) in [7, 11) is 0. The third kappa shape index (κ3) is 1.67. The normalized spacial score (nSPS) is 27.3. The van der Waals surface area contributed by atoms with E-state index < -0.39 is 0 Å². The molecule has 1 fully saturated rings. The van der Waals surface area contributed by atoms with Gasteiger partial charge >= 0.3 is 0 Å². The van der Waals surface area contributed by atoms with Crippen molar-refractivity contribution in [3.05, 3.63) is 71.8 Å². The summed E-state index contributed by atoms with van der Waals surface area (Å²) in [6.07, 6.45) is 0. The van der Waals surface area contributed by atoms with E-state index in [9.17, 15) is 4.79 Å². The average molecular weight is 262 g/mol. The van der Waals surface area contributed by atoms with Crippen LogP contribution in [0.1, 0.15) is 17.0 Å². The molecule has 1 amide bonds. The molecule has 0 radical (unpaired) electrons. The topological polar surface area (TPSA) is 41.5 Å². The summed E-state index contributed by atoms with van der Waals surface area (Å²) < 4.78 is 0. The van der Waals surface area contributed by atoms with Crippen LogP contribution >= 0.6 is 0 Å². The van der Waals surface area contributed by atoms with E-state index in [0.29, 0.717) is 0 Å². The molecule has 98 valence electrons. The predicted octanol–water partition coefficient (Wildman–Crippen LogP) is 2.55. The van der Waals surface area contributed by atoms with Gasteiger partial charge in [0.1, 0.15) is 0 Å². The quantitative estimate of drug-likeness (QED) is 0.888. The number of rotatable bonds is 2. The first-order valence-electron chi connectivity index (χ1n) is 6.84. The Kier molecular flexibility index (Phi) is 2.46. The Labute approximate surface area is 117 Å². The Morgan fingerprint density at radius 1 is 0.800 bits per heavy atom. The van der Waals surface area contributed by atoms with Crippen LogP contribution in [0.3, 0.4) is 0 Å². The van der Waals surface area contributed by atoms with Crippen LogP contribution in [0.25, 0.3) is 0 Å². The van der Waals surface area contributed by atoms with Gasteiger partial charge in [-0.1, -0.05) is 60.7 Å². The highest BCUT2D eigenvalue weighted by Crippen LogP contribution is 2.56. The van der Waals surface area contributed by atoms with Crippen LogP contribution in [-0.4, -0.2) is 11.6 Å². The van der Waals surface area contributed by atoms with E-state index in [1.54, 1.807) is 0 Å². The smallest absolute Gasteiger partial charge is 0.244 e. The summed E-state index contributed by atoms with van der Waals surface area (Å²) >= 11 is 0. The standard InChI is InChI=1S/C17H14N2O/c20-17-15-13(11-7-3-1-4-8-11)14(15)16(18-19-17)12-9-5-2-6-10-12/h1-10,13-15H,(H,19,20). The van der Waals surface area contributed by atoms with Crippen molar-refractivity contribution in [1.82, 2.24) is 5.43 Å². The zero-order valence-electron chi connectivity index (χ0n) is 10.9. The third-order valence-corrected chi connectivity index (χ3v) is 4.18. The molecule has 3 heteroatoms. The zero-order chi connectivity index (χ0) is 13.5. The van der Waals surface area contributed by atoms with Crippen LogP contribution in [0.15, 0.2) is 65.8 Å². The van der Waals surface area contributed by atoms with Crippen LogP contribution in [0.5, 0.6) is 0 Å². The maximum atomic E-state index is 12.0. The second kappa shape index (κ2) is 4.30. The van der Waals surface area contributed by atoms with E-state index in [2.05, 4.69) is 22.7 Å². The Balaban J connectivity index is 1.72. The molecule has 2 aromatic rings. The molecule has 20 heavy (non-hydrogen) atoms. The molecule has 0 spiro atoms. The highest BCUT2D eigenvalue weighted by Gasteiger charge is 2.59. The molecule has 3 atom stereocenters. The molecule has 1 N–H and O–H groups in total. The minimum atomic E-state index is 0.0325. The molecular formula is C17H14N2O. The van der Waals surface area contributed by atoms with E-state index >= 15 is 0 Å². The van der Waals surface area contributed by atoms with Crippen molar-refractivity contribution in [1.29, 1.82) is 0 Å². The Hall–Kier alpha value is -2.42. The number of fused-ring (bicyclic) bond motifs is 1. The predicted molar refractivity (Wildman–Crippen MR) is 77.3 cm³/mol. The molecule has 3 nitrogen and oxygen atoms in total. The monoisotopic (exact) mass is 262 g/mol. The fourth-order valence-electron chi connectivity index (χ4n) is 3.20. The van der Waals surface area contributed by atoms with Gasteiger partial charge in [0.25, 0.3) is 0 Å². The molecule has 1 heterocycles. The summed E-state index contributed by atoms with van der Waals surface area (Å²) in [6.45, 7) is 0. The lowest BCUT2D eigenvalue weighted by Gasteiger charge is -2.10. The fourth-order valence-corrected chi connectivity index (χ4v) is 3.20. The molecule has 4 rings (SSSR count). The highest BCUT2D eigenvalue weighted by molar-refractivity contribution is 6.10. The van der Waals surface area contributed by atoms with Gasteiger partial charge in [0, 0.05) is 11.8 Å². The molecule has 1 aliphatic carbocycles. The number of nitrogens with one attached hydrogen (secondary N) is 1. The molecule has 0 aromatic heterocycles. The van der Waals surface area contributed by atoms with Gasteiger partial charge < -0.3 is 0 Å². The maximum Gasteiger partial charge on any atom is 0.244 e. The first kappa shape index (κ1) is 11.4. The fraction of sp³-hybridized carbons (Fsp3) is 0.176. The van der Waals surface area contributed by atoms with E-state index in [4.69, 9.17) is 0 Å². The van der Waals surface area contributed by atoms with E-state index in [1.807, 2.05) is 48.5 Å². The van der Waals surface area contributed by atoms with Crippen molar-refractivity contribution in [3.8, 4) is 0 Å². The van der Waals surface area contributed by atoms with Crippen molar-refractivity contribution >= 4 is 11.6 Å². The molecule has 2 aliphatic rings. The van der Waals surface area contributed by atoms with Gasteiger partial charge in [-0.05, 0) is 11.1 Å². The van der Waals surface area contributed by atoms with Gasteiger partial charge in [-0.2, -0.15) is 5.10 Å². The largest absolute Gasteiger partial charge is 0.273 e. The van der Waals surface area contributed by atoms with E-state index in [-0.39, 0.29) is 23.7 Å². The number of nitrogens with zero attached hydrogens (tertiary/aromatic N) is 1. The number of benzene rings is 2. The number of carbonyl (C=O) groups is 1. The first-order chi connectivity index (χ1) is 9.86. The third-order valence-electron chi connectivity index (χ3n) is 4.18. The Morgan fingerprint density at radius 2 is 1.45 bits per heavy atom. The van der Waals surface area contributed by atoms with Gasteiger partial charge in [-0.3, -0.25) is 4.79 Å². The van der Waals surface area contributed by atoms with E-state index in [1.165, 1.54) is 5.56 Å². The maximum absolute atomic E-state index is 12.0. The molecule has 3 unspecified atom stereocenters. The van der Waals surface area contributed by atoms with Crippen molar-refractivity contribution in [2.45, 2.75) is 5.92 Å². The average Bonchev–Trinajstić information content (AvgIpc) is 3.26. The molecule has 0 bridgehead atoms. The second-order valence-electron chi connectivity index (χ2n) is 5.33. The van der Waals surface area contributed by atoms with Crippen molar-refractivity contribution in [3.63, 3.8) is 0 Å². The number of carbonyl (C=O) groups excluding carboxylic acids is 1. The molecule has 2 aromatic carbocycles. The SMILES string of the molecule is O=C1NN=C(c2ccccc2)C2C1C2c1ccccc1. The lowest BCUT2D eigenvalue weighted by molar-refractivity contribution is -0.122. The highest BCUT2D eigenvalue weighted by atomic mass is 16.2. The van der Waals surface area contributed by atoms with Gasteiger partial charge in [0.05, 0.1) is 11.6 Å². The number of hydrazone groups is 1. The van der Waals surface area contributed by atoms with Crippen LogP contribution in [0.4, 0.5) is 0 Å². The Morgan fingerprint density at radius 3 is 2.15 bits per heavy atom. The summed E-state index contributed by atoms with van der Waals surface area (Å²) in [5, 5.41) is 4.30. The van der Waals surface area contributed by atoms with Gasteiger partial charge in [0.15, 0.2) is 0 Å². The lowest BCUT2D eigenvalue weighted by Crippen LogP contribution is -2.28. The minimum absolute atomic E-state index is 0.0325. The van der Waals surface area contributed by atoms with Gasteiger partial charge in [-0.25, -0.2) is 5.43 Å². The number of amides is 1. The minimum Gasteiger partial charge on any atom is -0.273 e. The van der Waals surface area contributed by atoms with Crippen LogP contribution in [0.2, 0.25) is 0 Å². The molecule has 0 saturated heterocycles. The summed E-state index contributed by atoms with van der Waals surface area (Å²) in [4.78, 5) is 12.0. The molecular weight excluding hydrogens is 248 g/mol.